The topological polar surface area (TPSA) is 104 Å². The number of hydrogen-bond donors (Lipinski definition) is 1. The van der Waals surface area contributed by atoms with Crippen LogP contribution in [0.15, 0.2) is 48.5 Å². The Morgan fingerprint density at radius 3 is 2.73 bits per heavy atom. The zero-order valence-corrected chi connectivity index (χ0v) is 16.6. The summed E-state index contributed by atoms with van der Waals surface area (Å²) in [5.74, 6) is 0.740. The number of hydrogen-bond acceptors (Lipinski definition) is 6. The van der Waals surface area contributed by atoms with Crippen molar-refractivity contribution in [2.24, 2.45) is 0 Å². The first-order valence-electron chi connectivity index (χ1n) is 9.31. The second-order valence-electron chi connectivity index (χ2n) is 6.33. The third kappa shape index (κ3) is 4.91. The standard InChI is InChI=1S/C22H21N3O5/c1-3-23-21(26)14-30-19-12-8-15(13-20(19)29-2)7-10-17-11-9-16-5-4-6-18(25(27)28)22(16)24-17/h4-13H,3,14H2,1-2H3,(H,23,26)/b10-7+. The molecule has 3 rings (SSSR count). The number of fused-ring (bicyclic) bond motifs is 1. The predicted molar refractivity (Wildman–Crippen MR) is 114 cm³/mol. The number of benzene rings is 2. The molecule has 0 aliphatic rings. The fraction of sp³-hybridized carbons (Fsp3) is 0.182. The summed E-state index contributed by atoms with van der Waals surface area (Å²) in [5.41, 5.74) is 1.73. The van der Waals surface area contributed by atoms with Gasteiger partial charge in [0.2, 0.25) is 0 Å². The van der Waals surface area contributed by atoms with Gasteiger partial charge in [0.1, 0.15) is 5.52 Å². The minimum atomic E-state index is -0.437. The Kier molecular flexibility index (Phi) is 6.59. The van der Waals surface area contributed by atoms with E-state index in [2.05, 4.69) is 10.3 Å². The molecule has 1 amide bonds. The number of non-ortho nitro benzene ring substituents is 1. The normalized spacial score (nSPS) is 10.9. The van der Waals surface area contributed by atoms with E-state index < -0.39 is 4.92 Å². The first-order chi connectivity index (χ1) is 14.5. The maximum Gasteiger partial charge on any atom is 0.295 e. The van der Waals surface area contributed by atoms with E-state index in [0.717, 1.165) is 5.56 Å². The second kappa shape index (κ2) is 9.51. The van der Waals surface area contributed by atoms with Crippen LogP contribution < -0.4 is 14.8 Å². The number of pyridine rings is 1. The fourth-order valence-corrected chi connectivity index (χ4v) is 2.87. The predicted octanol–water partition coefficient (Wildman–Crippen LogP) is 3.84. The lowest BCUT2D eigenvalue weighted by molar-refractivity contribution is -0.383. The van der Waals surface area contributed by atoms with Crippen molar-refractivity contribution >= 4 is 34.6 Å². The molecule has 0 saturated heterocycles. The Hall–Kier alpha value is -3.94. The molecule has 0 bridgehead atoms. The molecule has 1 heterocycles. The van der Waals surface area contributed by atoms with Crippen LogP contribution in [0.3, 0.4) is 0 Å². The van der Waals surface area contributed by atoms with Crippen LogP contribution in [-0.4, -0.2) is 36.1 Å². The van der Waals surface area contributed by atoms with Crippen molar-refractivity contribution in [2.45, 2.75) is 6.92 Å². The molecule has 154 valence electrons. The molecular formula is C22H21N3O5. The Balaban J connectivity index is 1.81. The highest BCUT2D eigenvalue weighted by Crippen LogP contribution is 2.29. The highest BCUT2D eigenvalue weighted by molar-refractivity contribution is 5.88. The van der Waals surface area contributed by atoms with E-state index in [1.807, 2.05) is 19.1 Å². The Labute approximate surface area is 173 Å². The van der Waals surface area contributed by atoms with Crippen LogP contribution in [0, 0.1) is 10.1 Å². The summed E-state index contributed by atoms with van der Waals surface area (Å²) in [4.78, 5) is 26.8. The van der Waals surface area contributed by atoms with Crippen molar-refractivity contribution in [3.05, 3.63) is 69.9 Å². The molecule has 8 nitrogen and oxygen atoms in total. The SMILES string of the molecule is CCNC(=O)COc1ccc(/C=C/c2ccc3cccc([N+](=O)[O-])c3n2)cc1OC. The summed E-state index contributed by atoms with van der Waals surface area (Å²) < 4.78 is 10.9. The second-order valence-corrected chi connectivity index (χ2v) is 6.33. The van der Waals surface area contributed by atoms with Gasteiger partial charge in [0.15, 0.2) is 18.1 Å². The molecule has 0 fully saturated rings. The van der Waals surface area contributed by atoms with Crippen LogP contribution in [0.25, 0.3) is 23.1 Å². The van der Waals surface area contributed by atoms with E-state index >= 15 is 0 Å². The zero-order chi connectivity index (χ0) is 21.5. The van der Waals surface area contributed by atoms with Crippen molar-refractivity contribution in [3.8, 4) is 11.5 Å². The van der Waals surface area contributed by atoms with Crippen molar-refractivity contribution in [2.75, 3.05) is 20.3 Å². The Morgan fingerprint density at radius 2 is 2.00 bits per heavy atom. The van der Waals surface area contributed by atoms with Crippen LogP contribution in [0.1, 0.15) is 18.2 Å². The van der Waals surface area contributed by atoms with E-state index in [1.54, 1.807) is 42.5 Å². The molecule has 2 aromatic carbocycles. The quantitative estimate of drug-likeness (QED) is 0.449. The lowest BCUT2D eigenvalue weighted by Crippen LogP contribution is -2.28. The molecule has 3 aromatic rings. The van der Waals surface area contributed by atoms with Crippen LogP contribution in [0.5, 0.6) is 11.5 Å². The van der Waals surface area contributed by atoms with E-state index in [-0.39, 0.29) is 18.2 Å². The summed E-state index contributed by atoms with van der Waals surface area (Å²) in [5, 5.41) is 14.6. The minimum Gasteiger partial charge on any atom is -0.493 e. The highest BCUT2D eigenvalue weighted by Gasteiger charge is 2.12. The monoisotopic (exact) mass is 407 g/mol. The summed E-state index contributed by atoms with van der Waals surface area (Å²) in [6.07, 6.45) is 3.58. The van der Waals surface area contributed by atoms with Gasteiger partial charge in [-0.1, -0.05) is 30.3 Å². The van der Waals surface area contributed by atoms with Crippen molar-refractivity contribution < 1.29 is 19.2 Å². The number of likely N-dealkylation sites (N-methyl/N-ethyl adjacent to an activating group) is 1. The molecule has 0 aliphatic carbocycles. The van der Waals surface area contributed by atoms with Gasteiger partial charge in [-0.25, -0.2) is 4.98 Å². The van der Waals surface area contributed by atoms with Gasteiger partial charge in [0, 0.05) is 18.0 Å². The molecule has 0 radical (unpaired) electrons. The van der Waals surface area contributed by atoms with E-state index in [1.165, 1.54) is 13.2 Å². The van der Waals surface area contributed by atoms with Crippen molar-refractivity contribution in [3.63, 3.8) is 0 Å². The van der Waals surface area contributed by atoms with Crippen molar-refractivity contribution in [1.82, 2.24) is 10.3 Å². The number of amides is 1. The number of carbonyl (C=O) groups excluding carboxylic acids is 1. The average molecular weight is 407 g/mol. The summed E-state index contributed by atoms with van der Waals surface area (Å²) >= 11 is 0. The number of nitro groups is 1. The Morgan fingerprint density at radius 1 is 1.17 bits per heavy atom. The van der Waals surface area contributed by atoms with Gasteiger partial charge in [-0.15, -0.1) is 0 Å². The summed E-state index contributed by atoms with van der Waals surface area (Å²) in [7, 11) is 1.52. The van der Waals surface area contributed by atoms with Gasteiger partial charge in [0.25, 0.3) is 11.6 Å². The number of rotatable bonds is 8. The van der Waals surface area contributed by atoms with Gasteiger partial charge in [-0.2, -0.15) is 0 Å². The molecule has 1 aromatic heterocycles. The lowest BCUT2D eigenvalue weighted by Gasteiger charge is -2.11. The number of methoxy groups -OCH3 is 1. The molecule has 0 saturated carbocycles. The molecule has 1 N–H and O–H groups in total. The number of para-hydroxylation sites is 1. The first kappa shape index (κ1) is 20.8. The zero-order valence-electron chi connectivity index (χ0n) is 16.6. The average Bonchev–Trinajstić information content (AvgIpc) is 2.76. The first-order valence-corrected chi connectivity index (χ1v) is 9.31. The third-order valence-corrected chi connectivity index (χ3v) is 4.28. The molecule has 0 spiro atoms. The summed E-state index contributed by atoms with van der Waals surface area (Å²) in [6, 6.07) is 13.8. The van der Waals surface area contributed by atoms with E-state index in [4.69, 9.17) is 9.47 Å². The number of ether oxygens (including phenoxy) is 2. The van der Waals surface area contributed by atoms with Crippen LogP contribution >= 0.6 is 0 Å². The number of nitrogens with one attached hydrogen (secondary N) is 1. The van der Waals surface area contributed by atoms with E-state index in [9.17, 15) is 14.9 Å². The number of nitro benzene ring substituents is 1. The van der Waals surface area contributed by atoms with Gasteiger partial charge in [-0.05, 0) is 36.8 Å². The maximum absolute atomic E-state index is 11.6. The molecule has 0 aliphatic heterocycles. The molecule has 8 heteroatoms. The van der Waals surface area contributed by atoms with Gasteiger partial charge in [-0.3, -0.25) is 14.9 Å². The minimum absolute atomic E-state index is 0.0296. The molecule has 30 heavy (non-hydrogen) atoms. The highest BCUT2D eigenvalue weighted by atomic mass is 16.6. The van der Waals surface area contributed by atoms with Gasteiger partial charge in [0.05, 0.1) is 17.7 Å². The fourth-order valence-electron chi connectivity index (χ4n) is 2.87. The number of carbonyl (C=O) groups is 1. The Bertz CT molecular complexity index is 1110. The molecule has 0 unspecified atom stereocenters. The lowest BCUT2D eigenvalue weighted by atomic mass is 10.1. The molecule has 0 atom stereocenters. The van der Waals surface area contributed by atoms with Gasteiger partial charge >= 0.3 is 0 Å². The van der Waals surface area contributed by atoms with Gasteiger partial charge < -0.3 is 14.8 Å². The van der Waals surface area contributed by atoms with Crippen molar-refractivity contribution in [1.29, 1.82) is 0 Å². The van der Waals surface area contributed by atoms with Crippen LogP contribution in [-0.2, 0) is 4.79 Å². The third-order valence-electron chi connectivity index (χ3n) is 4.28. The summed E-state index contributed by atoms with van der Waals surface area (Å²) in [6.45, 7) is 2.27. The maximum atomic E-state index is 11.6. The largest absolute Gasteiger partial charge is 0.493 e. The number of aromatic nitrogens is 1. The smallest absolute Gasteiger partial charge is 0.295 e. The van der Waals surface area contributed by atoms with E-state index in [0.29, 0.717) is 34.6 Å². The molecular weight excluding hydrogens is 386 g/mol. The van der Waals surface area contributed by atoms with Crippen LogP contribution in [0.4, 0.5) is 5.69 Å². The van der Waals surface area contributed by atoms with Crippen LogP contribution in [0.2, 0.25) is 0 Å². The number of nitrogens with zero attached hydrogens (tertiary/aromatic N) is 2.